The van der Waals surface area contributed by atoms with Crippen LogP contribution in [-0.2, 0) is 10.8 Å². The van der Waals surface area contributed by atoms with Crippen LogP contribution in [0.25, 0.3) is 97.9 Å². The van der Waals surface area contributed by atoms with Gasteiger partial charge >= 0.3 is 0 Å². The number of hydrogen-bond acceptors (Lipinski definition) is 2. The first-order valence-electron chi connectivity index (χ1n) is 21.6. The average molecular weight is 785 g/mol. The quantitative estimate of drug-likeness (QED) is 0.178. The van der Waals surface area contributed by atoms with Gasteiger partial charge in [0.25, 0.3) is 0 Å². The minimum absolute atomic E-state index is 0.0875. The third kappa shape index (κ3) is 4.57. The lowest BCUT2D eigenvalue weighted by Crippen LogP contribution is -2.15. The number of anilines is 3. The van der Waals surface area contributed by atoms with Crippen LogP contribution < -0.4 is 4.90 Å². The highest BCUT2D eigenvalue weighted by Crippen LogP contribution is 2.52. The molecule has 5 aromatic heterocycles. The molecule has 0 aliphatic carbocycles. The van der Waals surface area contributed by atoms with Gasteiger partial charge in [0, 0.05) is 59.9 Å². The van der Waals surface area contributed by atoms with Crippen molar-refractivity contribution in [2.75, 3.05) is 4.90 Å². The molecule has 13 aromatic rings. The van der Waals surface area contributed by atoms with Crippen LogP contribution in [0.1, 0.15) is 52.7 Å². The average Bonchev–Trinajstić information content (AvgIpc) is 3.99. The van der Waals surface area contributed by atoms with E-state index in [0.717, 1.165) is 28.2 Å². The molecule has 0 aliphatic heterocycles. The smallest absolute Gasteiger partial charge is 0.146 e. The Labute approximate surface area is 353 Å². The third-order valence-electron chi connectivity index (χ3n) is 13.6. The molecule has 5 heterocycles. The summed E-state index contributed by atoms with van der Waals surface area (Å²) in [5.74, 6) is 0. The standard InChI is InChI=1S/C57H44N4/c1-56(2,3)35-28-43-44-29-36(57(4,5)6)31-46(59(37-19-9-7-10-20-37)38-21-11-8-12-22-38)53(44)60-47-32-58-55-50(48(47)45(30-35)52(43)60)49-39-23-15-14-18-34(39)27-42-41-26-25-33-17-13-16-24-40(33)51(41)61(55)54(42)49/h7-32H,1-6H3. The number of rotatable bonds is 3. The van der Waals surface area contributed by atoms with Gasteiger partial charge in [-0.25, -0.2) is 4.98 Å². The van der Waals surface area contributed by atoms with Crippen LogP contribution in [0.2, 0.25) is 0 Å². The number of hydrogen-bond donors (Lipinski definition) is 0. The van der Waals surface area contributed by atoms with E-state index < -0.39 is 0 Å². The number of fused-ring (bicyclic) bond motifs is 17. The van der Waals surface area contributed by atoms with Gasteiger partial charge in [-0.2, -0.15) is 0 Å². The number of aromatic nitrogens is 3. The lowest BCUT2D eigenvalue weighted by Gasteiger charge is -2.29. The Kier molecular flexibility index (Phi) is 6.69. The molecule has 0 amide bonds. The molecule has 4 nitrogen and oxygen atoms in total. The summed E-state index contributed by atoms with van der Waals surface area (Å²) >= 11 is 0. The second-order valence-electron chi connectivity index (χ2n) is 19.3. The van der Waals surface area contributed by atoms with Gasteiger partial charge in [-0.05, 0) is 92.7 Å². The molecule has 292 valence electrons. The van der Waals surface area contributed by atoms with E-state index in [0.29, 0.717) is 0 Å². The Hall–Kier alpha value is -7.17. The lowest BCUT2D eigenvalue weighted by molar-refractivity contribution is 0.591. The van der Waals surface area contributed by atoms with Crippen LogP contribution in [0.15, 0.2) is 158 Å². The minimum Gasteiger partial charge on any atom is -0.308 e. The van der Waals surface area contributed by atoms with Crippen molar-refractivity contribution in [1.29, 1.82) is 0 Å². The van der Waals surface area contributed by atoms with Crippen molar-refractivity contribution in [3.8, 4) is 0 Å². The van der Waals surface area contributed by atoms with Crippen LogP contribution in [0.4, 0.5) is 17.1 Å². The second-order valence-corrected chi connectivity index (χ2v) is 19.3. The monoisotopic (exact) mass is 784 g/mol. The van der Waals surface area contributed by atoms with Crippen molar-refractivity contribution in [3.63, 3.8) is 0 Å². The van der Waals surface area contributed by atoms with E-state index >= 15 is 0 Å². The van der Waals surface area contributed by atoms with E-state index in [2.05, 4.69) is 213 Å². The second kappa shape index (κ2) is 11.8. The summed E-state index contributed by atoms with van der Waals surface area (Å²) in [5.41, 5.74) is 12.9. The zero-order valence-corrected chi connectivity index (χ0v) is 35.3. The summed E-state index contributed by atoms with van der Waals surface area (Å²) in [5, 5.41) is 15.1. The van der Waals surface area contributed by atoms with Gasteiger partial charge in [-0.1, -0.05) is 139 Å². The Bertz CT molecular complexity index is 3890. The van der Waals surface area contributed by atoms with Crippen molar-refractivity contribution in [2.24, 2.45) is 0 Å². The lowest BCUT2D eigenvalue weighted by atomic mass is 9.83. The van der Waals surface area contributed by atoms with Crippen molar-refractivity contribution >= 4 is 115 Å². The Balaban J connectivity index is 1.31. The zero-order chi connectivity index (χ0) is 41.1. The summed E-state index contributed by atoms with van der Waals surface area (Å²) in [4.78, 5) is 8.07. The summed E-state index contributed by atoms with van der Waals surface area (Å²) in [6.07, 6.45) is 2.18. The fourth-order valence-corrected chi connectivity index (χ4v) is 10.7. The van der Waals surface area contributed by atoms with E-state index in [1.807, 2.05) is 0 Å². The highest BCUT2D eigenvalue weighted by molar-refractivity contribution is 6.40. The van der Waals surface area contributed by atoms with E-state index in [1.165, 1.54) is 97.8 Å². The molecule has 4 heteroatoms. The Morgan fingerprint density at radius 1 is 0.410 bits per heavy atom. The predicted molar refractivity (Wildman–Crippen MR) is 261 cm³/mol. The van der Waals surface area contributed by atoms with Gasteiger partial charge in [0.1, 0.15) is 5.65 Å². The Morgan fingerprint density at radius 2 is 0.967 bits per heavy atom. The summed E-state index contributed by atoms with van der Waals surface area (Å²) in [6.45, 7) is 14.0. The van der Waals surface area contributed by atoms with Gasteiger partial charge < -0.3 is 9.30 Å². The zero-order valence-electron chi connectivity index (χ0n) is 35.3. The molecule has 61 heavy (non-hydrogen) atoms. The first-order valence-corrected chi connectivity index (χ1v) is 21.6. The molecule has 13 rings (SSSR count). The highest BCUT2D eigenvalue weighted by Gasteiger charge is 2.31. The highest BCUT2D eigenvalue weighted by atomic mass is 15.2. The summed E-state index contributed by atoms with van der Waals surface area (Å²) in [6, 6.07) is 56.4. The van der Waals surface area contributed by atoms with E-state index in [-0.39, 0.29) is 10.8 Å². The van der Waals surface area contributed by atoms with Crippen molar-refractivity contribution < 1.29 is 0 Å². The van der Waals surface area contributed by atoms with Gasteiger partial charge in [0.15, 0.2) is 0 Å². The van der Waals surface area contributed by atoms with Gasteiger partial charge in [-0.15, -0.1) is 0 Å². The van der Waals surface area contributed by atoms with Crippen molar-refractivity contribution in [3.05, 3.63) is 169 Å². The molecule has 0 bridgehead atoms. The predicted octanol–water partition coefficient (Wildman–Crippen LogP) is 15.8. The molecular weight excluding hydrogens is 741 g/mol. The summed E-state index contributed by atoms with van der Waals surface area (Å²) in [7, 11) is 0. The maximum absolute atomic E-state index is 5.61. The molecule has 0 fully saturated rings. The molecular formula is C57H44N4. The summed E-state index contributed by atoms with van der Waals surface area (Å²) < 4.78 is 5.06. The van der Waals surface area contributed by atoms with Crippen LogP contribution in [-0.4, -0.2) is 13.8 Å². The molecule has 0 radical (unpaired) electrons. The van der Waals surface area contributed by atoms with Crippen LogP contribution >= 0.6 is 0 Å². The topological polar surface area (TPSA) is 24.9 Å². The maximum Gasteiger partial charge on any atom is 0.146 e. The van der Waals surface area contributed by atoms with E-state index in [4.69, 9.17) is 4.98 Å². The van der Waals surface area contributed by atoms with Crippen molar-refractivity contribution in [1.82, 2.24) is 13.8 Å². The number of pyridine rings is 1. The first kappa shape index (κ1) is 34.7. The van der Waals surface area contributed by atoms with Crippen LogP contribution in [0.5, 0.6) is 0 Å². The molecule has 0 spiro atoms. The number of para-hydroxylation sites is 2. The van der Waals surface area contributed by atoms with Gasteiger partial charge in [-0.3, -0.25) is 4.40 Å². The first-order chi connectivity index (χ1) is 29.6. The molecule has 0 saturated heterocycles. The molecule has 0 N–H and O–H groups in total. The SMILES string of the molecule is CC(C)(C)c1cc(N(c2ccccc2)c2ccccc2)c2c(c1)c1cc(C(C)(C)C)cc3c4c5c6c7ccccc7cc7c8ccc9ccccc9c8n(c5ncc4n2c13)c76. The third-order valence-corrected chi connectivity index (χ3v) is 13.6. The maximum atomic E-state index is 5.61. The molecule has 0 atom stereocenters. The van der Waals surface area contributed by atoms with Crippen LogP contribution in [0, 0.1) is 0 Å². The van der Waals surface area contributed by atoms with Gasteiger partial charge in [0.2, 0.25) is 0 Å². The molecule has 0 aliphatic rings. The van der Waals surface area contributed by atoms with Crippen molar-refractivity contribution in [2.45, 2.75) is 52.4 Å². The molecule has 0 saturated carbocycles. The Morgan fingerprint density at radius 3 is 1.66 bits per heavy atom. The minimum atomic E-state index is -0.0918. The van der Waals surface area contributed by atoms with E-state index in [1.54, 1.807) is 0 Å². The van der Waals surface area contributed by atoms with Crippen LogP contribution in [0.3, 0.4) is 0 Å². The normalized spacial score (nSPS) is 13.1. The largest absolute Gasteiger partial charge is 0.308 e. The van der Waals surface area contributed by atoms with Gasteiger partial charge in [0.05, 0.1) is 39.5 Å². The number of benzene rings is 8. The van der Waals surface area contributed by atoms with E-state index in [9.17, 15) is 0 Å². The fourth-order valence-electron chi connectivity index (χ4n) is 10.7. The molecule has 8 aromatic carbocycles. The number of nitrogens with zero attached hydrogens (tertiary/aromatic N) is 4. The fraction of sp³-hybridized carbons (Fsp3) is 0.140. The molecule has 0 unspecified atom stereocenters.